The van der Waals surface area contributed by atoms with Crippen molar-refractivity contribution < 1.29 is 27.5 Å². The lowest BCUT2D eigenvalue weighted by Crippen LogP contribution is -2.40. The molecule has 5 nitrogen and oxygen atoms in total. The molecule has 0 N–H and O–H groups in total. The molecule has 1 rings (SSSR count). The Morgan fingerprint density at radius 3 is 2.52 bits per heavy atom. The minimum atomic E-state index is -4.58. The Morgan fingerprint density at radius 1 is 1.38 bits per heavy atom. The Labute approximate surface area is 123 Å². The third kappa shape index (κ3) is 5.99. The van der Waals surface area contributed by atoms with E-state index in [9.17, 15) is 22.8 Å². The summed E-state index contributed by atoms with van der Waals surface area (Å²) < 4.78 is 41.9. The molecule has 0 aliphatic rings. The van der Waals surface area contributed by atoms with Crippen molar-refractivity contribution in [2.45, 2.75) is 12.6 Å². The predicted molar refractivity (Wildman–Crippen MR) is 67.8 cm³/mol. The van der Waals surface area contributed by atoms with Gasteiger partial charge in [0.05, 0.1) is 19.1 Å². The van der Waals surface area contributed by atoms with Gasteiger partial charge in [0.25, 0.3) is 5.91 Å². The molecule has 21 heavy (non-hydrogen) atoms. The number of alkyl halides is 3. The van der Waals surface area contributed by atoms with Gasteiger partial charge in [0.15, 0.2) is 0 Å². The van der Waals surface area contributed by atoms with Crippen LogP contribution in [0, 0.1) is 0 Å². The van der Waals surface area contributed by atoms with E-state index in [1.54, 1.807) is 0 Å². The van der Waals surface area contributed by atoms with Gasteiger partial charge in [-0.05, 0) is 12.1 Å². The number of esters is 1. The topological polar surface area (TPSA) is 59.5 Å². The summed E-state index contributed by atoms with van der Waals surface area (Å²) in [6.07, 6.45) is -3.84. The molecule has 0 spiro atoms. The number of hydrogen-bond donors (Lipinski definition) is 0. The second-order valence-electron chi connectivity index (χ2n) is 4.04. The van der Waals surface area contributed by atoms with Crippen molar-refractivity contribution in [3.8, 4) is 0 Å². The van der Waals surface area contributed by atoms with Crippen LogP contribution in [0.25, 0.3) is 0 Å². The Hall–Kier alpha value is -1.83. The minimum absolute atomic E-state index is 0.0477. The van der Waals surface area contributed by atoms with Crippen LogP contribution in [0.3, 0.4) is 0 Å². The van der Waals surface area contributed by atoms with Crippen molar-refractivity contribution in [3.63, 3.8) is 0 Å². The lowest BCUT2D eigenvalue weighted by Gasteiger charge is -2.23. The maximum absolute atomic E-state index is 12.5. The van der Waals surface area contributed by atoms with Crippen LogP contribution in [-0.4, -0.2) is 48.1 Å². The maximum Gasteiger partial charge on any atom is 0.406 e. The van der Waals surface area contributed by atoms with Crippen LogP contribution in [0.4, 0.5) is 13.2 Å². The van der Waals surface area contributed by atoms with E-state index < -0.39 is 31.1 Å². The Morgan fingerprint density at radius 2 is 2.05 bits per heavy atom. The summed E-state index contributed by atoms with van der Waals surface area (Å²) in [4.78, 5) is 27.2. The van der Waals surface area contributed by atoms with Crippen molar-refractivity contribution in [2.24, 2.45) is 0 Å². The summed E-state index contributed by atoms with van der Waals surface area (Å²) in [5.74, 6) is -1.59. The number of carbonyl (C=O) groups excluding carboxylic acids is 2. The lowest BCUT2D eigenvalue weighted by atomic mass is 10.2. The second kappa shape index (κ2) is 7.26. The quantitative estimate of drug-likeness (QED) is 0.616. The van der Waals surface area contributed by atoms with Crippen molar-refractivity contribution in [1.29, 1.82) is 0 Å². The first-order valence-corrected chi connectivity index (χ1v) is 6.15. The van der Waals surface area contributed by atoms with E-state index in [0.29, 0.717) is 4.90 Å². The van der Waals surface area contributed by atoms with E-state index in [-0.39, 0.29) is 17.1 Å². The average molecular weight is 325 g/mol. The second-order valence-corrected chi connectivity index (χ2v) is 4.42. The summed E-state index contributed by atoms with van der Waals surface area (Å²) in [5.41, 5.74) is -0.0477. The molecule has 0 fully saturated rings. The first kappa shape index (κ1) is 17.2. The van der Waals surface area contributed by atoms with Gasteiger partial charge in [-0.3, -0.25) is 9.59 Å². The van der Waals surface area contributed by atoms with Crippen molar-refractivity contribution in [2.75, 3.05) is 20.2 Å². The number of halogens is 4. The van der Waals surface area contributed by atoms with Gasteiger partial charge in [-0.2, -0.15) is 13.2 Å². The highest BCUT2D eigenvalue weighted by atomic mass is 35.5. The highest BCUT2D eigenvalue weighted by molar-refractivity contribution is 6.29. The fourth-order valence-corrected chi connectivity index (χ4v) is 1.59. The van der Waals surface area contributed by atoms with Crippen molar-refractivity contribution >= 4 is 23.5 Å². The average Bonchev–Trinajstić information content (AvgIpc) is 2.42. The summed E-state index contributed by atoms with van der Waals surface area (Å²) >= 11 is 5.55. The van der Waals surface area contributed by atoms with Gasteiger partial charge in [0.1, 0.15) is 11.7 Å². The summed E-state index contributed by atoms with van der Waals surface area (Å²) in [7, 11) is 1.11. The fraction of sp³-hybridized carbons (Fsp3) is 0.417. The fourth-order valence-electron chi connectivity index (χ4n) is 1.48. The number of aromatic nitrogens is 1. The monoisotopic (exact) mass is 324 g/mol. The zero-order chi connectivity index (χ0) is 16.0. The van der Waals surface area contributed by atoms with E-state index >= 15 is 0 Å². The highest BCUT2D eigenvalue weighted by Crippen LogP contribution is 2.18. The molecule has 9 heteroatoms. The zero-order valence-corrected chi connectivity index (χ0v) is 11.7. The largest absolute Gasteiger partial charge is 0.469 e. The van der Waals surface area contributed by atoms with Gasteiger partial charge < -0.3 is 9.64 Å². The molecule has 1 aromatic heterocycles. The lowest BCUT2D eigenvalue weighted by molar-refractivity contribution is -0.147. The molecule has 0 aliphatic carbocycles. The van der Waals surface area contributed by atoms with Gasteiger partial charge >= 0.3 is 12.1 Å². The molecule has 0 bridgehead atoms. The summed E-state index contributed by atoms with van der Waals surface area (Å²) in [6.45, 7) is -1.88. The van der Waals surface area contributed by atoms with E-state index in [1.165, 1.54) is 12.1 Å². The van der Waals surface area contributed by atoms with Crippen LogP contribution in [0.15, 0.2) is 18.3 Å². The molecule has 0 aromatic carbocycles. The number of nitrogens with zero attached hydrogens (tertiary/aromatic N) is 2. The first-order valence-electron chi connectivity index (χ1n) is 5.77. The van der Waals surface area contributed by atoms with Crippen LogP contribution >= 0.6 is 11.6 Å². The van der Waals surface area contributed by atoms with Crippen LogP contribution < -0.4 is 0 Å². The van der Waals surface area contributed by atoms with Gasteiger partial charge in [0, 0.05) is 12.7 Å². The number of rotatable bonds is 5. The zero-order valence-electron chi connectivity index (χ0n) is 11.0. The molecule has 1 amide bonds. The van der Waals surface area contributed by atoms with Crippen LogP contribution in [0.2, 0.25) is 5.15 Å². The van der Waals surface area contributed by atoms with E-state index in [2.05, 4.69) is 9.72 Å². The van der Waals surface area contributed by atoms with Gasteiger partial charge in [-0.15, -0.1) is 0 Å². The summed E-state index contributed by atoms with van der Waals surface area (Å²) in [5, 5.41) is 0.114. The third-order valence-electron chi connectivity index (χ3n) is 2.45. The molecule has 1 aromatic rings. The molecular formula is C12H12ClF3N2O3. The third-order valence-corrected chi connectivity index (χ3v) is 2.67. The number of methoxy groups -OCH3 is 1. The minimum Gasteiger partial charge on any atom is -0.469 e. The first-order chi connectivity index (χ1) is 9.73. The van der Waals surface area contributed by atoms with Gasteiger partial charge in [0.2, 0.25) is 0 Å². The number of hydrogen-bond acceptors (Lipinski definition) is 4. The molecule has 0 radical (unpaired) electrons. The van der Waals surface area contributed by atoms with E-state index in [0.717, 1.165) is 13.3 Å². The van der Waals surface area contributed by atoms with E-state index in [4.69, 9.17) is 11.6 Å². The Balaban J connectivity index is 2.86. The van der Waals surface area contributed by atoms with Crippen molar-refractivity contribution in [3.05, 3.63) is 29.0 Å². The molecule has 116 valence electrons. The van der Waals surface area contributed by atoms with Crippen LogP contribution in [-0.2, 0) is 9.53 Å². The number of pyridine rings is 1. The Kier molecular flexibility index (Phi) is 5.95. The van der Waals surface area contributed by atoms with Crippen LogP contribution in [0.5, 0.6) is 0 Å². The summed E-state index contributed by atoms with van der Waals surface area (Å²) in [6, 6.07) is 2.56. The predicted octanol–water partition coefficient (Wildman–Crippen LogP) is 2.30. The van der Waals surface area contributed by atoms with Crippen molar-refractivity contribution in [1.82, 2.24) is 9.88 Å². The molecule has 1 heterocycles. The molecule has 0 saturated carbocycles. The van der Waals surface area contributed by atoms with Gasteiger partial charge in [-0.25, -0.2) is 4.98 Å². The smallest absolute Gasteiger partial charge is 0.406 e. The molecule has 0 unspecified atom stereocenters. The normalized spacial score (nSPS) is 11.1. The van der Waals surface area contributed by atoms with E-state index in [1.807, 2.05) is 0 Å². The number of amides is 1. The number of carbonyl (C=O) groups is 2. The SMILES string of the molecule is COC(=O)CCN(CC(F)(F)F)C(=O)c1ccc(Cl)nc1. The molecule has 0 saturated heterocycles. The molecular weight excluding hydrogens is 313 g/mol. The Bertz CT molecular complexity index is 505. The highest BCUT2D eigenvalue weighted by Gasteiger charge is 2.33. The number of ether oxygens (including phenoxy) is 1. The van der Waals surface area contributed by atoms with Crippen LogP contribution in [0.1, 0.15) is 16.8 Å². The molecule has 0 aliphatic heterocycles. The standard InChI is InChI=1S/C12H12ClF3N2O3/c1-21-10(19)4-5-18(7-12(14,15)16)11(20)8-2-3-9(13)17-6-8/h2-3,6H,4-5,7H2,1H3. The van der Waals surface area contributed by atoms with Gasteiger partial charge in [-0.1, -0.05) is 11.6 Å². The molecule has 0 atom stereocenters. The maximum atomic E-state index is 12.5.